The Balaban J connectivity index is 1.77. The Morgan fingerprint density at radius 1 is 1.24 bits per heavy atom. The Labute approximate surface area is 197 Å². The van der Waals surface area contributed by atoms with Gasteiger partial charge in [-0.25, -0.2) is 23.1 Å². The lowest BCUT2D eigenvalue weighted by Gasteiger charge is -2.35. The topological polar surface area (TPSA) is 128 Å². The van der Waals surface area contributed by atoms with Crippen LogP contribution in [0.2, 0.25) is 0 Å². The van der Waals surface area contributed by atoms with E-state index in [1.807, 2.05) is 10.7 Å². The van der Waals surface area contributed by atoms with E-state index in [9.17, 15) is 13.5 Å². The second-order valence-electron chi connectivity index (χ2n) is 8.84. The van der Waals surface area contributed by atoms with Gasteiger partial charge in [-0.1, -0.05) is 18.2 Å². The lowest BCUT2D eigenvalue weighted by atomic mass is 9.95. The maximum Gasteiger partial charge on any atom is 0.226 e. The molecule has 9 nitrogen and oxygen atoms in total. The molecular formula is C24H26N6O3S. The van der Waals surface area contributed by atoms with Crippen LogP contribution in [-0.4, -0.2) is 46.2 Å². The molecule has 4 aromatic rings. The molecule has 0 aliphatic carbocycles. The van der Waals surface area contributed by atoms with Gasteiger partial charge in [0.1, 0.15) is 22.8 Å². The van der Waals surface area contributed by atoms with E-state index in [0.717, 1.165) is 18.2 Å². The molecule has 1 saturated heterocycles. The van der Waals surface area contributed by atoms with Crippen LogP contribution in [0.3, 0.4) is 0 Å². The zero-order valence-corrected chi connectivity index (χ0v) is 19.9. The second-order valence-corrected chi connectivity index (χ2v) is 10.7. The number of sulfone groups is 1. The highest BCUT2D eigenvalue weighted by molar-refractivity contribution is 7.91. The van der Waals surface area contributed by atoms with Crippen LogP contribution in [0.15, 0.2) is 46.5 Å². The van der Waals surface area contributed by atoms with E-state index in [1.54, 1.807) is 44.3 Å². The van der Waals surface area contributed by atoms with E-state index in [1.165, 1.54) is 0 Å². The smallest absolute Gasteiger partial charge is 0.226 e. The van der Waals surface area contributed by atoms with Gasteiger partial charge in [-0.3, -0.25) is 0 Å². The maximum absolute atomic E-state index is 13.8. The number of nitriles is 1. The van der Waals surface area contributed by atoms with Crippen LogP contribution in [0.4, 0.5) is 0 Å². The summed E-state index contributed by atoms with van der Waals surface area (Å²) in [5.74, 6) is 0.697. The lowest BCUT2D eigenvalue weighted by Crippen LogP contribution is -2.42. The number of hydrogen-bond donors (Lipinski definition) is 2. The highest BCUT2D eigenvalue weighted by atomic mass is 32.2. The standard InChI is InChI=1S/C24H26N6O3S/c1-15-5-3-4-6-19(15)34(32,33)24-20-21(18-8-12-26-22(18)28-24)30(23(27-20)16(2)31)29-13-9-17(7-11-25)10-14-29/h3-6,8,12,16-17,31H,7,9-10,13-14H2,1-2H3,(H,26,28)/t16-/m0/s1. The normalized spacial score (nSPS) is 16.2. The van der Waals surface area contributed by atoms with Crippen LogP contribution in [0.25, 0.3) is 22.1 Å². The van der Waals surface area contributed by atoms with Crippen LogP contribution in [0.1, 0.15) is 43.7 Å². The first kappa shape index (κ1) is 22.4. The van der Waals surface area contributed by atoms with Crippen LogP contribution in [0.5, 0.6) is 0 Å². The highest BCUT2D eigenvalue weighted by Crippen LogP contribution is 2.35. The van der Waals surface area contributed by atoms with Gasteiger partial charge in [-0.05, 0) is 50.3 Å². The quantitative estimate of drug-likeness (QED) is 0.450. The Kier molecular flexibility index (Phi) is 5.54. The van der Waals surface area contributed by atoms with Gasteiger partial charge in [0.05, 0.1) is 11.0 Å². The van der Waals surface area contributed by atoms with Gasteiger partial charge < -0.3 is 15.1 Å². The molecule has 1 aliphatic rings. The number of aliphatic hydroxyl groups excluding tert-OH is 1. The first-order chi connectivity index (χ1) is 16.3. The van der Waals surface area contributed by atoms with Gasteiger partial charge in [0, 0.05) is 31.1 Å². The number of H-pyrrole nitrogens is 1. The number of aliphatic hydroxyl groups is 1. The van der Waals surface area contributed by atoms with Crippen LogP contribution >= 0.6 is 0 Å². The fraction of sp³-hybridized carbons (Fsp3) is 0.375. The molecule has 0 radical (unpaired) electrons. The molecule has 5 rings (SSSR count). The molecular weight excluding hydrogens is 452 g/mol. The van der Waals surface area contributed by atoms with Crippen molar-refractivity contribution < 1.29 is 13.5 Å². The van der Waals surface area contributed by atoms with Crippen molar-refractivity contribution in [3.63, 3.8) is 0 Å². The molecule has 0 bridgehead atoms. The van der Waals surface area contributed by atoms with Gasteiger partial charge in [0.15, 0.2) is 10.9 Å². The van der Waals surface area contributed by atoms with Crippen molar-refractivity contribution >= 4 is 31.9 Å². The monoisotopic (exact) mass is 478 g/mol. The van der Waals surface area contributed by atoms with Gasteiger partial charge in [0.25, 0.3) is 0 Å². The van der Waals surface area contributed by atoms with Crippen LogP contribution in [0, 0.1) is 24.2 Å². The summed E-state index contributed by atoms with van der Waals surface area (Å²) in [7, 11) is -3.98. The minimum Gasteiger partial charge on any atom is -0.385 e. The predicted octanol–water partition coefficient (Wildman–Crippen LogP) is 3.37. The molecule has 0 amide bonds. The van der Waals surface area contributed by atoms with Crippen molar-refractivity contribution in [1.82, 2.24) is 19.6 Å². The molecule has 1 aromatic carbocycles. The molecule has 0 saturated carbocycles. The lowest BCUT2D eigenvalue weighted by molar-refractivity contribution is 0.182. The number of fused-ring (bicyclic) bond motifs is 3. The number of aryl methyl sites for hydroxylation is 1. The minimum atomic E-state index is -3.98. The molecule has 10 heteroatoms. The van der Waals surface area contributed by atoms with Gasteiger partial charge in [0.2, 0.25) is 9.84 Å². The minimum absolute atomic E-state index is 0.133. The number of pyridine rings is 1. The average molecular weight is 479 g/mol. The Bertz CT molecular complexity index is 1520. The second kappa shape index (κ2) is 8.42. The molecule has 0 spiro atoms. The Morgan fingerprint density at radius 2 is 1.97 bits per heavy atom. The number of piperidine rings is 1. The van der Waals surface area contributed by atoms with Crippen LogP contribution < -0.4 is 5.01 Å². The highest BCUT2D eigenvalue weighted by Gasteiger charge is 2.32. The Morgan fingerprint density at radius 3 is 2.65 bits per heavy atom. The van der Waals surface area contributed by atoms with Crippen molar-refractivity contribution in [3.8, 4) is 6.07 Å². The summed E-state index contributed by atoms with van der Waals surface area (Å²) in [6.45, 7) is 4.72. The van der Waals surface area contributed by atoms with E-state index in [2.05, 4.69) is 26.0 Å². The van der Waals surface area contributed by atoms with E-state index < -0.39 is 15.9 Å². The summed E-state index contributed by atoms with van der Waals surface area (Å²) < 4.78 is 29.4. The molecule has 176 valence electrons. The molecule has 3 aromatic heterocycles. The van der Waals surface area contributed by atoms with Gasteiger partial charge in [-0.2, -0.15) is 5.26 Å². The van der Waals surface area contributed by atoms with Crippen molar-refractivity contribution in [2.45, 2.75) is 49.1 Å². The van der Waals surface area contributed by atoms with Crippen molar-refractivity contribution in [2.24, 2.45) is 5.92 Å². The molecule has 2 N–H and O–H groups in total. The summed E-state index contributed by atoms with van der Waals surface area (Å²) in [6.07, 6.45) is 2.99. The van der Waals surface area contributed by atoms with Crippen molar-refractivity contribution in [2.75, 3.05) is 18.1 Å². The van der Waals surface area contributed by atoms with Crippen LogP contribution in [-0.2, 0) is 9.84 Å². The number of nitrogens with zero attached hydrogens (tertiary/aromatic N) is 5. The summed E-state index contributed by atoms with van der Waals surface area (Å²) in [5, 5.41) is 22.4. The molecule has 1 fully saturated rings. The van der Waals surface area contributed by atoms with E-state index in [-0.39, 0.29) is 15.4 Å². The average Bonchev–Trinajstić information content (AvgIpc) is 3.44. The number of aromatic amines is 1. The number of nitrogens with one attached hydrogen (secondary N) is 1. The van der Waals surface area contributed by atoms with E-state index >= 15 is 0 Å². The first-order valence-corrected chi connectivity index (χ1v) is 12.8. The largest absolute Gasteiger partial charge is 0.385 e. The third kappa shape index (κ3) is 3.52. The summed E-state index contributed by atoms with van der Waals surface area (Å²) >= 11 is 0. The van der Waals surface area contributed by atoms with Crippen molar-refractivity contribution in [1.29, 1.82) is 5.26 Å². The SMILES string of the molecule is Cc1ccccc1S(=O)(=O)c1nc2[nH]ccc2c2c1nc([C@H](C)O)n2N1CCC(CC#N)CC1. The number of hydrogen-bond acceptors (Lipinski definition) is 7. The van der Waals surface area contributed by atoms with Gasteiger partial charge >= 0.3 is 0 Å². The first-order valence-electron chi connectivity index (χ1n) is 11.3. The number of imidazole rings is 1. The summed E-state index contributed by atoms with van der Waals surface area (Å²) in [5.41, 5.74) is 1.91. The van der Waals surface area contributed by atoms with Gasteiger partial charge in [-0.15, -0.1) is 0 Å². The number of aromatic nitrogens is 4. The summed E-state index contributed by atoms with van der Waals surface area (Å²) in [6, 6.07) is 10.9. The third-order valence-corrected chi connectivity index (χ3v) is 8.37. The molecule has 1 atom stereocenters. The summed E-state index contributed by atoms with van der Waals surface area (Å²) in [4.78, 5) is 12.4. The number of benzene rings is 1. The molecule has 1 aliphatic heterocycles. The number of rotatable bonds is 5. The van der Waals surface area contributed by atoms with Crippen molar-refractivity contribution in [3.05, 3.63) is 47.9 Å². The predicted molar refractivity (Wildman–Crippen MR) is 128 cm³/mol. The van der Waals surface area contributed by atoms with E-state index in [4.69, 9.17) is 5.26 Å². The zero-order valence-electron chi connectivity index (χ0n) is 19.1. The zero-order chi connectivity index (χ0) is 24.0. The molecule has 0 unspecified atom stereocenters. The fourth-order valence-corrected chi connectivity index (χ4v) is 6.34. The maximum atomic E-state index is 13.8. The third-order valence-electron chi connectivity index (χ3n) is 6.54. The molecule has 34 heavy (non-hydrogen) atoms. The fourth-order valence-electron chi connectivity index (χ4n) is 4.78. The Hall–Kier alpha value is -3.42. The molecule has 4 heterocycles. The van der Waals surface area contributed by atoms with E-state index in [0.29, 0.717) is 48.0 Å².